The Morgan fingerprint density at radius 1 is 1.38 bits per heavy atom. The van der Waals surface area contributed by atoms with Crippen molar-refractivity contribution in [2.45, 2.75) is 44.7 Å². The van der Waals surface area contributed by atoms with Crippen LogP contribution in [0.15, 0.2) is 18.2 Å². The summed E-state index contributed by atoms with van der Waals surface area (Å²) in [4.78, 5) is 25.9. The molecule has 5 heteroatoms. The summed E-state index contributed by atoms with van der Waals surface area (Å²) in [5.41, 5.74) is 8.53. The van der Waals surface area contributed by atoms with Crippen LogP contribution < -0.4 is 11.1 Å². The fourth-order valence-electron chi connectivity index (χ4n) is 3.19. The first-order chi connectivity index (χ1) is 10.0. The Bertz CT molecular complexity index is 585. The van der Waals surface area contributed by atoms with E-state index in [1.54, 1.807) is 6.07 Å². The largest absolute Gasteiger partial charge is 0.336 e. The molecule has 2 amide bonds. The maximum Gasteiger partial charge on any atom is 0.254 e. The molecule has 0 spiro atoms. The van der Waals surface area contributed by atoms with Crippen molar-refractivity contribution in [3.8, 4) is 0 Å². The molecule has 21 heavy (non-hydrogen) atoms. The number of likely N-dealkylation sites (tertiary alicyclic amines) is 1. The quantitative estimate of drug-likeness (QED) is 0.822. The van der Waals surface area contributed by atoms with E-state index < -0.39 is 0 Å². The van der Waals surface area contributed by atoms with Crippen LogP contribution in [-0.2, 0) is 11.2 Å². The van der Waals surface area contributed by atoms with Crippen molar-refractivity contribution in [3.63, 3.8) is 0 Å². The molecule has 0 unspecified atom stereocenters. The Balaban J connectivity index is 1.80. The van der Waals surface area contributed by atoms with Crippen molar-refractivity contribution < 1.29 is 9.59 Å². The highest BCUT2D eigenvalue weighted by Crippen LogP contribution is 2.25. The summed E-state index contributed by atoms with van der Waals surface area (Å²) >= 11 is 0. The van der Waals surface area contributed by atoms with Crippen LogP contribution in [0.3, 0.4) is 0 Å². The van der Waals surface area contributed by atoms with Gasteiger partial charge in [-0.05, 0) is 49.9 Å². The van der Waals surface area contributed by atoms with E-state index in [4.69, 9.17) is 5.73 Å². The standard InChI is InChI=1S/C16H21N3O2/c1-10-8-13(17)6-7-19(10)16(21)12-2-4-14-11(9-12)3-5-15(20)18-14/h2,4,9-10,13H,3,5-8,17H2,1H3,(H,18,20)/t10-,13+/m0/s1. The minimum Gasteiger partial charge on any atom is -0.336 e. The zero-order chi connectivity index (χ0) is 15.0. The van der Waals surface area contributed by atoms with E-state index in [1.807, 2.05) is 17.0 Å². The average Bonchev–Trinajstić information content (AvgIpc) is 2.46. The molecule has 2 aliphatic heterocycles. The fourth-order valence-corrected chi connectivity index (χ4v) is 3.19. The number of anilines is 1. The second-order valence-corrected chi connectivity index (χ2v) is 6.05. The number of benzene rings is 1. The van der Waals surface area contributed by atoms with Gasteiger partial charge in [-0.1, -0.05) is 0 Å². The van der Waals surface area contributed by atoms with Crippen molar-refractivity contribution in [1.82, 2.24) is 4.90 Å². The van der Waals surface area contributed by atoms with Crippen molar-refractivity contribution >= 4 is 17.5 Å². The minimum atomic E-state index is 0.0419. The highest BCUT2D eigenvalue weighted by atomic mass is 16.2. The molecule has 5 nitrogen and oxygen atoms in total. The van der Waals surface area contributed by atoms with E-state index in [-0.39, 0.29) is 23.9 Å². The van der Waals surface area contributed by atoms with E-state index in [1.165, 1.54) is 0 Å². The van der Waals surface area contributed by atoms with Gasteiger partial charge in [0.2, 0.25) is 5.91 Å². The van der Waals surface area contributed by atoms with Gasteiger partial charge in [0.1, 0.15) is 0 Å². The molecule has 0 bridgehead atoms. The number of carbonyl (C=O) groups is 2. The van der Waals surface area contributed by atoms with Gasteiger partial charge in [-0.25, -0.2) is 0 Å². The second kappa shape index (κ2) is 5.48. The Labute approximate surface area is 124 Å². The molecule has 0 radical (unpaired) electrons. The molecule has 1 aromatic rings. The second-order valence-electron chi connectivity index (χ2n) is 6.05. The monoisotopic (exact) mass is 287 g/mol. The maximum absolute atomic E-state index is 12.7. The Kier molecular flexibility index (Phi) is 3.68. The number of fused-ring (bicyclic) bond motifs is 1. The molecule has 3 rings (SSSR count). The molecule has 1 saturated heterocycles. The SMILES string of the molecule is C[C@H]1C[C@H](N)CCN1C(=O)c1ccc2c(c1)CCC(=O)N2. The zero-order valence-corrected chi connectivity index (χ0v) is 12.3. The van der Waals surface area contributed by atoms with Crippen LogP contribution in [0.2, 0.25) is 0 Å². The Morgan fingerprint density at radius 2 is 2.19 bits per heavy atom. The normalized spacial score (nSPS) is 25.2. The summed E-state index contributed by atoms with van der Waals surface area (Å²) in [5, 5.41) is 2.84. The number of rotatable bonds is 1. The van der Waals surface area contributed by atoms with Crippen LogP contribution in [0.25, 0.3) is 0 Å². The number of nitrogens with one attached hydrogen (secondary N) is 1. The molecule has 0 aromatic heterocycles. The maximum atomic E-state index is 12.7. The summed E-state index contributed by atoms with van der Waals surface area (Å²) in [6, 6.07) is 5.92. The van der Waals surface area contributed by atoms with Gasteiger partial charge in [0.05, 0.1) is 0 Å². The van der Waals surface area contributed by atoms with Crippen molar-refractivity contribution in [3.05, 3.63) is 29.3 Å². The highest BCUT2D eigenvalue weighted by molar-refractivity contribution is 5.98. The molecule has 1 aromatic carbocycles. The third-order valence-corrected chi connectivity index (χ3v) is 4.43. The molecule has 2 heterocycles. The van der Waals surface area contributed by atoms with E-state index in [0.717, 1.165) is 30.6 Å². The first-order valence-electron chi connectivity index (χ1n) is 7.54. The van der Waals surface area contributed by atoms with E-state index in [2.05, 4.69) is 12.2 Å². The molecule has 2 aliphatic rings. The first kappa shape index (κ1) is 14.1. The lowest BCUT2D eigenvalue weighted by Gasteiger charge is -2.36. The van der Waals surface area contributed by atoms with Gasteiger partial charge in [-0.3, -0.25) is 9.59 Å². The van der Waals surface area contributed by atoms with Crippen LogP contribution in [0.4, 0.5) is 5.69 Å². The van der Waals surface area contributed by atoms with E-state index in [9.17, 15) is 9.59 Å². The minimum absolute atomic E-state index is 0.0419. The molecule has 0 saturated carbocycles. The molecule has 2 atom stereocenters. The Morgan fingerprint density at radius 3 is 2.95 bits per heavy atom. The third-order valence-electron chi connectivity index (χ3n) is 4.43. The molecule has 3 N–H and O–H groups in total. The number of amides is 2. The predicted molar refractivity (Wildman–Crippen MR) is 81.1 cm³/mol. The number of nitrogens with zero attached hydrogens (tertiary/aromatic N) is 1. The summed E-state index contributed by atoms with van der Waals surface area (Å²) in [6.07, 6.45) is 2.89. The lowest BCUT2D eigenvalue weighted by Crippen LogP contribution is -2.48. The number of hydrogen-bond donors (Lipinski definition) is 2. The predicted octanol–water partition coefficient (Wildman–Crippen LogP) is 1.52. The smallest absolute Gasteiger partial charge is 0.254 e. The summed E-state index contributed by atoms with van der Waals surface area (Å²) in [7, 11) is 0. The van der Waals surface area contributed by atoms with Crippen LogP contribution in [0.1, 0.15) is 42.1 Å². The van der Waals surface area contributed by atoms with Gasteiger partial charge in [0, 0.05) is 36.3 Å². The van der Waals surface area contributed by atoms with Crippen LogP contribution >= 0.6 is 0 Å². The Hall–Kier alpha value is -1.88. The van der Waals surface area contributed by atoms with E-state index >= 15 is 0 Å². The van der Waals surface area contributed by atoms with Crippen LogP contribution in [0.5, 0.6) is 0 Å². The third kappa shape index (κ3) is 2.78. The van der Waals surface area contributed by atoms with Crippen molar-refractivity contribution in [2.24, 2.45) is 5.73 Å². The van der Waals surface area contributed by atoms with Crippen LogP contribution in [-0.4, -0.2) is 35.3 Å². The lowest BCUT2D eigenvalue weighted by atomic mass is 9.96. The topological polar surface area (TPSA) is 75.4 Å². The zero-order valence-electron chi connectivity index (χ0n) is 12.3. The molecule has 0 aliphatic carbocycles. The number of aryl methyl sites for hydroxylation is 1. The summed E-state index contributed by atoms with van der Waals surface area (Å²) in [6.45, 7) is 2.77. The van der Waals surface area contributed by atoms with Gasteiger partial charge >= 0.3 is 0 Å². The lowest BCUT2D eigenvalue weighted by molar-refractivity contribution is -0.116. The summed E-state index contributed by atoms with van der Waals surface area (Å²) in [5.74, 6) is 0.106. The van der Waals surface area contributed by atoms with Crippen molar-refractivity contribution in [2.75, 3.05) is 11.9 Å². The van der Waals surface area contributed by atoms with Gasteiger partial charge in [0.25, 0.3) is 5.91 Å². The summed E-state index contributed by atoms with van der Waals surface area (Å²) < 4.78 is 0. The molecule has 112 valence electrons. The van der Waals surface area contributed by atoms with Gasteiger partial charge in [0.15, 0.2) is 0 Å². The molecular formula is C16H21N3O2. The van der Waals surface area contributed by atoms with Gasteiger partial charge in [-0.2, -0.15) is 0 Å². The van der Waals surface area contributed by atoms with Gasteiger partial charge in [-0.15, -0.1) is 0 Å². The number of piperidine rings is 1. The number of hydrogen-bond acceptors (Lipinski definition) is 3. The average molecular weight is 287 g/mol. The van der Waals surface area contributed by atoms with Gasteiger partial charge < -0.3 is 16.0 Å². The van der Waals surface area contributed by atoms with E-state index in [0.29, 0.717) is 18.4 Å². The molecule has 1 fully saturated rings. The first-order valence-corrected chi connectivity index (χ1v) is 7.54. The number of nitrogens with two attached hydrogens (primary N) is 1. The molecular weight excluding hydrogens is 266 g/mol. The number of carbonyl (C=O) groups excluding carboxylic acids is 2. The van der Waals surface area contributed by atoms with Crippen molar-refractivity contribution in [1.29, 1.82) is 0 Å². The highest BCUT2D eigenvalue weighted by Gasteiger charge is 2.28. The van der Waals surface area contributed by atoms with Crippen LogP contribution in [0, 0.1) is 0 Å². The fraction of sp³-hybridized carbons (Fsp3) is 0.500.